The first-order valence-electron chi connectivity index (χ1n) is 5.61. The lowest BCUT2D eigenvalue weighted by Gasteiger charge is -2.06. The van der Waals surface area contributed by atoms with Crippen LogP contribution >= 0.6 is 11.8 Å². The van der Waals surface area contributed by atoms with Gasteiger partial charge in [-0.2, -0.15) is 0 Å². The van der Waals surface area contributed by atoms with Gasteiger partial charge in [0.1, 0.15) is 11.5 Å². The third-order valence-corrected chi connectivity index (χ3v) is 3.45. The van der Waals surface area contributed by atoms with Crippen molar-refractivity contribution in [2.45, 2.75) is 17.6 Å². The van der Waals surface area contributed by atoms with Crippen LogP contribution in [0.25, 0.3) is 0 Å². The van der Waals surface area contributed by atoms with Crippen molar-refractivity contribution in [3.8, 4) is 11.5 Å². The maximum atomic E-state index is 9.39. The van der Waals surface area contributed by atoms with E-state index in [2.05, 4.69) is 4.98 Å². The summed E-state index contributed by atoms with van der Waals surface area (Å²) in [5, 5.41) is 9.39. The van der Waals surface area contributed by atoms with Gasteiger partial charge in [0.05, 0.1) is 12.8 Å². The topological polar surface area (TPSA) is 42.4 Å². The van der Waals surface area contributed by atoms with Gasteiger partial charge in [-0.25, -0.2) is 0 Å². The molecule has 0 saturated heterocycles. The van der Waals surface area contributed by atoms with Crippen molar-refractivity contribution in [1.82, 2.24) is 4.98 Å². The molecular weight excluding hydrogens is 246 g/mol. The number of nitrogens with zero attached hydrogens (tertiary/aromatic N) is 1. The summed E-state index contributed by atoms with van der Waals surface area (Å²) in [7, 11) is 1.65. The van der Waals surface area contributed by atoms with Gasteiger partial charge in [0.25, 0.3) is 0 Å². The van der Waals surface area contributed by atoms with Crippen LogP contribution in [0.15, 0.2) is 41.3 Å². The van der Waals surface area contributed by atoms with Crippen molar-refractivity contribution >= 4 is 11.8 Å². The lowest BCUT2D eigenvalue weighted by molar-refractivity contribution is 0.413. The summed E-state index contributed by atoms with van der Waals surface area (Å²) in [6.07, 6.45) is 0. The Morgan fingerprint density at radius 1 is 1.28 bits per heavy atom. The normalized spacial score (nSPS) is 10.3. The van der Waals surface area contributed by atoms with E-state index in [1.807, 2.05) is 31.2 Å². The van der Waals surface area contributed by atoms with Crippen LogP contribution in [0.1, 0.15) is 11.4 Å². The molecule has 1 N–H and O–H groups in total. The van der Waals surface area contributed by atoms with Crippen LogP contribution in [-0.4, -0.2) is 17.2 Å². The molecular formula is C14H15NO2S. The standard InChI is InChI=1S/C14H15NO2S/c1-10-6-13(17-2)7-11(15-10)9-18-14-5-3-4-12(16)8-14/h3-8,16H,9H2,1-2H3. The predicted molar refractivity (Wildman–Crippen MR) is 73.2 cm³/mol. The molecule has 1 aromatic heterocycles. The third kappa shape index (κ3) is 3.40. The van der Waals surface area contributed by atoms with E-state index < -0.39 is 0 Å². The van der Waals surface area contributed by atoms with E-state index in [1.165, 1.54) is 0 Å². The Morgan fingerprint density at radius 3 is 2.83 bits per heavy atom. The minimum Gasteiger partial charge on any atom is -0.508 e. The zero-order chi connectivity index (χ0) is 13.0. The lowest BCUT2D eigenvalue weighted by Crippen LogP contribution is -1.93. The second-order valence-electron chi connectivity index (χ2n) is 3.93. The lowest BCUT2D eigenvalue weighted by atomic mass is 10.3. The van der Waals surface area contributed by atoms with Crippen LogP contribution < -0.4 is 4.74 Å². The number of aryl methyl sites for hydroxylation is 1. The maximum Gasteiger partial charge on any atom is 0.122 e. The molecule has 0 aliphatic rings. The van der Waals surface area contributed by atoms with Crippen molar-refractivity contribution in [3.05, 3.63) is 47.8 Å². The van der Waals surface area contributed by atoms with Gasteiger partial charge < -0.3 is 9.84 Å². The number of pyridine rings is 1. The molecule has 18 heavy (non-hydrogen) atoms. The molecule has 0 aliphatic heterocycles. The molecule has 2 rings (SSSR count). The summed E-state index contributed by atoms with van der Waals surface area (Å²) in [6, 6.07) is 11.1. The fourth-order valence-electron chi connectivity index (χ4n) is 1.63. The predicted octanol–water partition coefficient (Wildman–Crippen LogP) is 3.40. The second-order valence-corrected chi connectivity index (χ2v) is 4.97. The Kier molecular flexibility index (Phi) is 4.10. The third-order valence-electron chi connectivity index (χ3n) is 2.42. The summed E-state index contributed by atoms with van der Waals surface area (Å²) in [4.78, 5) is 5.48. The van der Waals surface area contributed by atoms with Crippen LogP contribution in [0.3, 0.4) is 0 Å². The van der Waals surface area contributed by atoms with Crippen molar-refractivity contribution in [3.63, 3.8) is 0 Å². The van der Waals surface area contributed by atoms with E-state index in [0.717, 1.165) is 27.8 Å². The molecule has 4 heteroatoms. The van der Waals surface area contributed by atoms with Gasteiger partial charge >= 0.3 is 0 Å². The summed E-state index contributed by atoms with van der Waals surface area (Å²) in [6.45, 7) is 1.95. The minimum absolute atomic E-state index is 0.287. The number of ether oxygens (including phenoxy) is 1. The summed E-state index contributed by atoms with van der Waals surface area (Å²) < 4.78 is 5.22. The van der Waals surface area contributed by atoms with Gasteiger partial charge in [0, 0.05) is 28.5 Å². The average Bonchev–Trinajstić information content (AvgIpc) is 2.36. The summed E-state index contributed by atoms with van der Waals surface area (Å²) in [5.74, 6) is 1.87. The van der Waals surface area contributed by atoms with Crippen molar-refractivity contribution in [2.24, 2.45) is 0 Å². The van der Waals surface area contributed by atoms with Gasteiger partial charge in [-0.1, -0.05) is 6.07 Å². The van der Waals surface area contributed by atoms with Crippen molar-refractivity contribution < 1.29 is 9.84 Å². The molecule has 0 unspecified atom stereocenters. The highest BCUT2D eigenvalue weighted by Gasteiger charge is 2.02. The van der Waals surface area contributed by atoms with E-state index in [1.54, 1.807) is 31.0 Å². The average molecular weight is 261 g/mol. The Balaban J connectivity index is 2.08. The number of thioether (sulfide) groups is 1. The van der Waals surface area contributed by atoms with Crippen LogP contribution in [0, 0.1) is 6.92 Å². The SMILES string of the molecule is COc1cc(C)nc(CSc2cccc(O)c2)c1. The Morgan fingerprint density at radius 2 is 2.11 bits per heavy atom. The second kappa shape index (κ2) is 5.78. The minimum atomic E-state index is 0.287. The maximum absolute atomic E-state index is 9.39. The Bertz CT molecular complexity index is 543. The smallest absolute Gasteiger partial charge is 0.122 e. The van der Waals surface area contributed by atoms with Crippen LogP contribution in [-0.2, 0) is 5.75 Å². The molecule has 0 aliphatic carbocycles. The number of aromatic hydroxyl groups is 1. The fourth-order valence-corrected chi connectivity index (χ4v) is 2.47. The van der Waals surface area contributed by atoms with E-state index in [-0.39, 0.29) is 5.75 Å². The molecule has 0 saturated carbocycles. The highest BCUT2D eigenvalue weighted by atomic mass is 32.2. The first-order valence-corrected chi connectivity index (χ1v) is 6.59. The summed E-state index contributed by atoms with van der Waals surface area (Å²) in [5.41, 5.74) is 1.92. The molecule has 0 spiro atoms. The number of phenols is 1. The molecule has 0 bridgehead atoms. The van der Waals surface area contributed by atoms with E-state index >= 15 is 0 Å². The molecule has 94 valence electrons. The van der Waals surface area contributed by atoms with E-state index in [0.29, 0.717) is 0 Å². The van der Waals surface area contributed by atoms with Crippen LogP contribution in [0.5, 0.6) is 11.5 Å². The monoisotopic (exact) mass is 261 g/mol. The molecule has 3 nitrogen and oxygen atoms in total. The molecule has 0 radical (unpaired) electrons. The van der Waals surface area contributed by atoms with Gasteiger partial charge in [-0.15, -0.1) is 11.8 Å². The number of hydrogen-bond donors (Lipinski definition) is 1. The zero-order valence-corrected chi connectivity index (χ0v) is 11.2. The number of phenolic OH excluding ortho intramolecular Hbond substituents is 1. The Labute approximate surface area is 111 Å². The Hall–Kier alpha value is -1.68. The van der Waals surface area contributed by atoms with Gasteiger partial charge in [-0.3, -0.25) is 4.98 Å². The van der Waals surface area contributed by atoms with Crippen molar-refractivity contribution in [2.75, 3.05) is 7.11 Å². The quantitative estimate of drug-likeness (QED) is 0.857. The highest BCUT2D eigenvalue weighted by molar-refractivity contribution is 7.98. The van der Waals surface area contributed by atoms with Gasteiger partial charge in [-0.05, 0) is 25.1 Å². The molecule has 0 amide bonds. The zero-order valence-electron chi connectivity index (χ0n) is 10.4. The van der Waals surface area contributed by atoms with E-state index in [4.69, 9.17) is 4.74 Å². The number of methoxy groups -OCH3 is 1. The summed E-state index contributed by atoms with van der Waals surface area (Å²) >= 11 is 1.64. The molecule has 0 fully saturated rings. The van der Waals surface area contributed by atoms with Gasteiger partial charge in [0.15, 0.2) is 0 Å². The molecule has 1 aromatic carbocycles. The number of benzene rings is 1. The highest BCUT2D eigenvalue weighted by Crippen LogP contribution is 2.26. The van der Waals surface area contributed by atoms with E-state index in [9.17, 15) is 5.11 Å². The first-order chi connectivity index (χ1) is 8.67. The number of rotatable bonds is 4. The van der Waals surface area contributed by atoms with Gasteiger partial charge in [0.2, 0.25) is 0 Å². The van der Waals surface area contributed by atoms with Crippen molar-refractivity contribution in [1.29, 1.82) is 0 Å². The van der Waals surface area contributed by atoms with Crippen LogP contribution in [0.4, 0.5) is 0 Å². The molecule has 2 aromatic rings. The molecule has 1 heterocycles. The molecule has 0 atom stereocenters. The number of aromatic nitrogens is 1. The largest absolute Gasteiger partial charge is 0.508 e. The van der Waals surface area contributed by atoms with Crippen LogP contribution in [0.2, 0.25) is 0 Å². The number of hydrogen-bond acceptors (Lipinski definition) is 4. The first kappa shape index (κ1) is 12.8. The fraction of sp³-hybridized carbons (Fsp3) is 0.214.